The molecular weight excluding hydrogens is 260 g/mol. The maximum Gasteiger partial charge on any atom is 0.248 e. The van der Waals surface area contributed by atoms with Crippen molar-refractivity contribution in [2.45, 2.75) is 12.8 Å². The lowest BCUT2D eigenvalue weighted by Crippen LogP contribution is -2.33. The van der Waals surface area contributed by atoms with Gasteiger partial charge in [0.25, 0.3) is 0 Å². The number of benzene rings is 1. The summed E-state index contributed by atoms with van der Waals surface area (Å²) in [6.45, 7) is 1.18. The van der Waals surface area contributed by atoms with Crippen LogP contribution in [0.25, 0.3) is 0 Å². The first-order valence-electron chi connectivity index (χ1n) is 6.23. The van der Waals surface area contributed by atoms with E-state index in [4.69, 9.17) is 22.7 Å². The van der Waals surface area contributed by atoms with Crippen LogP contribution in [0, 0.1) is 0 Å². The number of ether oxygens (including phenoxy) is 1. The fraction of sp³-hybridized carbons (Fsp3) is 0.429. The first kappa shape index (κ1) is 15.6. The normalized spacial score (nSPS) is 10.2. The first-order valence-corrected chi connectivity index (χ1v) is 6.64. The van der Waals surface area contributed by atoms with Crippen LogP contribution in [0.5, 0.6) is 0 Å². The fourth-order valence-electron chi connectivity index (χ4n) is 1.51. The van der Waals surface area contributed by atoms with Crippen LogP contribution < -0.4 is 5.73 Å². The number of carbonyl (C=O) groups is 1. The van der Waals surface area contributed by atoms with Crippen molar-refractivity contribution >= 4 is 23.1 Å². The van der Waals surface area contributed by atoms with Crippen molar-refractivity contribution in [2.24, 2.45) is 5.73 Å². The van der Waals surface area contributed by atoms with E-state index >= 15 is 0 Å². The molecule has 0 saturated heterocycles. The Kier molecular flexibility index (Phi) is 7.07. The standard InChI is InChI=1S/C14H20N2O2S/c1-16(9-7-13(15)19)14(17)11-18-10-8-12-5-3-2-4-6-12/h2-6H,7-11H2,1H3,(H2,15,19). The van der Waals surface area contributed by atoms with E-state index in [2.05, 4.69) is 0 Å². The van der Waals surface area contributed by atoms with Crippen LogP contribution in [0.1, 0.15) is 12.0 Å². The summed E-state index contributed by atoms with van der Waals surface area (Å²) in [5, 5.41) is 0. The summed E-state index contributed by atoms with van der Waals surface area (Å²) in [6.07, 6.45) is 1.35. The van der Waals surface area contributed by atoms with Gasteiger partial charge in [-0.25, -0.2) is 0 Å². The van der Waals surface area contributed by atoms with Crippen molar-refractivity contribution in [3.8, 4) is 0 Å². The molecule has 5 heteroatoms. The van der Waals surface area contributed by atoms with Gasteiger partial charge in [0.15, 0.2) is 0 Å². The number of rotatable bonds is 8. The third kappa shape index (κ3) is 6.88. The van der Waals surface area contributed by atoms with E-state index in [-0.39, 0.29) is 12.5 Å². The maximum atomic E-state index is 11.7. The fourth-order valence-corrected chi connectivity index (χ4v) is 1.60. The molecule has 0 heterocycles. The monoisotopic (exact) mass is 280 g/mol. The molecule has 1 aromatic carbocycles. The predicted molar refractivity (Wildman–Crippen MR) is 80.0 cm³/mol. The van der Waals surface area contributed by atoms with Gasteiger partial charge in [-0.15, -0.1) is 0 Å². The molecule has 0 aliphatic heterocycles. The Bertz CT molecular complexity index is 409. The maximum absolute atomic E-state index is 11.7. The quantitative estimate of drug-likeness (QED) is 0.577. The van der Waals surface area contributed by atoms with Gasteiger partial charge in [-0.05, 0) is 12.0 Å². The zero-order valence-corrected chi connectivity index (χ0v) is 12.0. The van der Waals surface area contributed by atoms with Crippen LogP contribution in [0.3, 0.4) is 0 Å². The zero-order valence-electron chi connectivity index (χ0n) is 11.2. The number of thiocarbonyl (C=S) groups is 1. The van der Waals surface area contributed by atoms with Crippen LogP contribution in [0.4, 0.5) is 0 Å². The Balaban J connectivity index is 2.15. The minimum absolute atomic E-state index is 0.0516. The molecule has 0 atom stereocenters. The van der Waals surface area contributed by atoms with Crippen molar-refractivity contribution in [1.82, 2.24) is 4.90 Å². The molecule has 0 fully saturated rings. The second-order valence-electron chi connectivity index (χ2n) is 4.32. The molecule has 0 radical (unpaired) electrons. The van der Waals surface area contributed by atoms with Gasteiger partial charge in [-0.1, -0.05) is 42.5 Å². The molecule has 0 unspecified atom stereocenters. The van der Waals surface area contributed by atoms with Crippen LogP contribution >= 0.6 is 12.2 Å². The van der Waals surface area contributed by atoms with Crippen molar-refractivity contribution < 1.29 is 9.53 Å². The highest BCUT2D eigenvalue weighted by atomic mass is 32.1. The van der Waals surface area contributed by atoms with E-state index in [0.29, 0.717) is 24.6 Å². The largest absolute Gasteiger partial charge is 0.393 e. The molecule has 0 aromatic heterocycles. The number of nitrogens with two attached hydrogens (primary N) is 1. The van der Waals surface area contributed by atoms with Gasteiger partial charge < -0.3 is 15.4 Å². The van der Waals surface area contributed by atoms with Crippen molar-refractivity contribution in [2.75, 3.05) is 26.8 Å². The summed E-state index contributed by atoms with van der Waals surface area (Å²) in [5.41, 5.74) is 6.59. The van der Waals surface area contributed by atoms with Crippen molar-refractivity contribution in [3.05, 3.63) is 35.9 Å². The van der Waals surface area contributed by atoms with Crippen LogP contribution in [0.15, 0.2) is 30.3 Å². The number of hydrogen-bond donors (Lipinski definition) is 1. The van der Waals surface area contributed by atoms with Gasteiger partial charge in [0, 0.05) is 20.0 Å². The Morgan fingerprint density at radius 2 is 2.05 bits per heavy atom. The molecule has 2 N–H and O–H groups in total. The number of carbonyl (C=O) groups excluding carboxylic acids is 1. The lowest BCUT2D eigenvalue weighted by molar-refractivity contribution is -0.134. The highest BCUT2D eigenvalue weighted by Gasteiger charge is 2.08. The first-order chi connectivity index (χ1) is 9.09. The molecule has 0 saturated carbocycles. The summed E-state index contributed by atoms with van der Waals surface area (Å²) < 4.78 is 5.37. The van der Waals surface area contributed by atoms with E-state index in [9.17, 15) is 4.79 Å². The van der Waals surface area contributed by atoms with E-state index in [1.165, 1.54) is 5.56 Å². The summed E-state index contributed by atoms with van der Waals surface area (Å²) in [4.78, 5) is 13.7. The molecular formula is C14H20N2O2S. The molecule has 104 valence electrons. The topological polar surface area (TPSA) is 55.6 Å². The van der Waals surface area contributed by atoms with E-state index in [1.807, 2.05) is 30.3 Å². The smallest absolute Gasteiger partial charge is 0.248 e. The van der Waals surface area contributed by atoms with Crippen molar-refractivity contribution in [1.29, 1.82) is 0 Å². The second kappa shape index (κ2) is 8.61. The molecule has 0 aliphatic rings. The van der Waals surface area contributed by atoms with Gasteiger partial charge in [0.2, 0.25) is 5.91 Å². The Hall–Kier alpha value is -1.46. The molecule has 0 spiro atoms. The number of nitrogens with zero attached hydrogens (tertiary/aromatic N) is 1. The van der Waals surface area contributed by atoms with Gasteiger partial charge in [0.05, 0.1) is 11.6 Å². The Morgan fingerprint density at radius 1 is 1.37 bits per heavy atom. The van der Waals surface area contributed by atoms with E-state index < -0.39 is 0 Å². The number of amides is 1. The lowest BCUT2D eigenvalue weighted by Gasteiger charge is -2.16. The second-order valence-corrected chi connectivity index (χ2v) is 4.84. The molecule has 1 aromatic rings. The molecule has 19 heavy (non-hydrogen) atoms. The van der Waals surface area contributed by atoms with Crippen LogP contribution in [-0.4, -0.2) is 42.6 Å². The average molecular weight is 280 g/mol. The number of hydrogen-bond acceptors (Lipinski definition) is 3. The zero-order chi connectivity index (χ0) is 14.1. The minimum Gasteiger partial charge on any atom is -0.393 e. The van der Waals surface area contributed by atoms with Crippen molar-refractivity contribution in [3.63, 3.8) is 0 Å². The minimum atomic E-state index is -0.0516. The molecule has 0 bridgehead atoms. The molecule has 4 nitrogen and oxygen atoms in total. The van der Waals surface area contributed by atoms with E-state index in [1.54, 1.807) is 11.9 Å². The molecule has 0 aliphatic carbocycles. The Morgan fingerprint density at radius 3 is 2.68 bits per heavy atom. The predicted octanol–water partition coefficient (Wildman–Crippen LogP) is 1.38. The average Bonchev–Trinajstić information content (AvgIpc) is 2.41. The van der Waals surface area contributed by atoms with Crippen LogP contribution in [-0.2, 0) is 16.0 Å². The molecule has 1 rings (SSSR count). The van der Waals surface area contributed by atoms with Gasteiger partial charge in [-0.2, -0.15) is 0 Å². The lowest BCUT2D eigenvalue weighted by atomic mass is 10.2. The number of likely N-dealkylation sites (N-methyl/N-ethyl adjacent to an activating group) is 1. The van der Waals surface area contributed by atoms with E-state index in [0.717, 1.165) is 6.42 Å². The summed E-state index contributed by atoms with van der Waals surface area (Å²) in [5.74, 6) is -0.0516. The van der Waals surface area contributed by atoms with Gasteiger partial charge in [-0.3, -0.25) is 4.79 Å². The van der Waals surface area contributed by atoms with Gasteiger partial charge >= 0.3 is 0 Å². The highest BCUT2D eigenvalue weighted by molar-refractivity contribution is 7.80. The summed E-state index contributed by atoms with van der Waals surface area (Å²) >= 11 is 4.77. The van der Waals surface area contributed by atoms with Gasteiger partial charge in [0.1, 0.15) is 6.61 Å². The Labute approximate surface area is 119 Å². The van der Waals surface area contributed by atoms with Crippen LogP contribution in [0.2, 0.25) is 0 Å². The third-order valence-corrected chi connectivity index (χ3v) is 2.93. The summed E-state index contributed by atoms with van der Waals surface area (Å²) in [7, 11) is 1.72. The summed E-state index contributed by atoms with van der Waals surface area (Å²) in [6, 6.07) is 10.0. The molecule has 1 amide bonds. The highest BCUT2D eigenvalue weighted by Crippen LogP contribution is 1.99. The SMILES string of the molecule is CN(CCC(N)=S)C(=O)COCCc1ccccc1. The third-order valence-electron chi connectivity index (χ3n) is 2.72.